The quantitative estimate of drug-likeness (QED) is 0.727. The molecule has 0 atom stereocenters. The molecule has 0 saturated heterocycles. The molecule has 0 bridgehead atoms. The first kappa shape index (κ1) is 12.3. The van der Waals surface area contributed by atoms with Crippen molar-refractivity contribution >= 4 is 17.2 Å². The number of rotatable bonds is 4. The molecule has 0 aliphatic carbocycles. The summed E-state index contributed by atoms with van der Waals surface area (Å²) in [5, 5.41) is 11.5. The van der Waals surface area contributed by atoms with E-state index in [2.05, 4.69) is 10.3 Å². The Labute approximate surface area is 102 Å². The first-order valence-corrected chi connectivity index (χ1v) is 5.21. The molecule has 0 saturated carbocycles. The lowest BCUT2D eigenvalue weighted by Crippen LogP contribution is -1.99. The van der Waals surface area contributed by atoms with Crippen molar-refractivity contribution in [1.29, 1.82) is 0 Å². The average Bonchev–Trinajstić information content (AvgIpc) is 2.39. The molecule has 2 aromatic rings. The highest BCUT2D eigenvalue weighted by atomic mass is 19.3. The van der Waals surface area contributed by atoms with Crippen molar-refractivity contribution in [3.8, 4) is 0 Å². The van der Waals surface area contributed by atoms with Crippen molar-refractivity contribution in [1.82, 2.24) is 4.98 Å². The molecule has 2 rings (SSSR count). The summed E-state index contributed by atoms with van der Waals surface area (Å²) < 4.78 is 25.5. The van der Waals surface area contributed by atoms with Crippen molar-refractivity contribution in [3.63, 3.8) is 0 Å². The lowest BCUT2D eigenvalue weighted by atomic mass is 10.2. The van der Waals surface area contributed by atoms with Gasteiger partial charge in [-0.1, -0.05) is 18.2 Å². The number of anilines is 3. The molecule has 4 nitrogen and oxygen atoms in total. The molecule has 1 aromatic carbocycles. The second-order valence-electron chi connectivity index (χ2n) is 3.55. The van der Waals surface area contributed by atoms with Gasteiger partial charge in [0.1, 0.15) is 5.82 Å². The molecule has 6 heteroatoms. The number of nitrogens with zero attached hydrogens (tertiary/aromatic N) is 1. The van der Waals surface area contributed by atoms with Crippen LogP contribution >= 0.6 is 0 Å². The number of para-hydroxylation sites is 1. The fourth-order valence-corrected chi connectivity index (χ4v) is 1.51. The highest BCUT2D eigenvalue weighted by Gasteiger charge is 2.12. The summed E-state index contributed by atoms with van der Waals surface area (Å²) in [5.41, 5.74) is 2.57. The topological polar surface area (TPSA) is 57.2 Å². The van der Waals surface area contributed by atoms with E-state index in [1.54, 1.807) is 24.3 Å². The van der Waals surface area contributed by atoms with Crippen LogP contribution in [0, 0.1) is 0 Å². The first-order chi connectivity index (χ1) is 8.70. The molecule has 1 aromatic heterocycles. The summed E-state index contributed by atoms with van der Waals surface area (Å²) in [6.45, 7) is 0. The maximum Gasteiger partial charge on any atom is 0.265 e. The van der Waals surface area contributed by atoms with E-state index in [1.165, 1.54) is 18.3 Å². The molecule has 1 heterocycles. The van der Waals surface area contributed by atoms with Gasteiger partial charge in [-0.2, -0.15) is 0 Å². The summed E-state index contributed by atoms with van der Waals surface area (Å²) in [6.07, 6.45) is -1.11. The summed E-state index contributed by atoms with van der Waals surface area (Å²) in [5.74, 6) is 0.363. The van der Waals surface area contributed by atoms with Crippen LogP contribution in [0.3, 0.4) is 0 Å². The molecule has 18 heavy (non-hydrogen) atoms. The van der Waals surface area contributed by atoms with E-state index in [0.717, 1.165) is 0 Å². The van der Waals surface area contributed by atoms with E-state index in [1.807, 2.05) is 5.48 Å². The fraction of sp³-hybridized carbons (Fsp3) is 0.0833. The minimum absolute atomic E-state index is 0.0957. The normalized spacial score (nSPS) is 10.4. The monoisotopic (exact) mass is 251 g/mol. The number of alkyl halides is 2. The summed E-state index contributed by atoms with van der Waals surface area (Å²) in [4.78, 5) is 3.98. The van der Waals surface area contributed by atoms with Crippen LogP contribution in [0.5, 0.6) is 0 Å². The Balaban J connectivity index is 2.28. The van der Waals surface area contributed by atoms with E-state index >= 15 is 0 Å². The van der Waals surface area contributed by atoms with Gasteiger partial charge in [0.25, 0.3) is 6.43 Å². The van der Waals surface area contributed by atoms with Crippen LogP contribution in [0.2, 0.25) is 0 Å². The van der Waals surface area contributed by atoms with E-state index in [-0.39, 0.29) is 11.3 Å². The largest absolute Gasteiger partial charge is 0.340 e. The van der Waals surface area contributed by atoms with Gasteiger partial charge in [-0.25, -0.2) is 13.8 Å². The van der Waals surface area contributed by atoms with Crippen LogP contribution < -0.4 is 10.8 Å². The molecular formula is C12H11F2N3O. The summed E-state index contributed by atoms with van der Waals surface area (Å²) in [6, 6.07) is 9.14. The maximum absolute atomic E-state index is 12.8. The van der Waals surface area contributed by atoms with E-state index in [0.29, 0.717) is 11.5 Å². The molecule has 0 radical (unpaired) electrons. The summed E-state index contributed by atoms with van der Waals surface area (Å²) in [7, 11) is 0. The van der Waals surface area contributed by atoms with Gasteiger partial charge >= 0.3 is 0 Å². The smallest absolute Gasteiger partial charge is 0.265 e. The molecule has 94 valence electrons. The highest BCUT2D eigenvalue weighted by Crippen LogP contribution is 2.28. The minimum Gasteiger partial charge on any atom is -0.340 e. The molecule has 0 aliphatic heterocycles. The number of nitrogens with one attached hydrogen (secondary N) is 2. The fourth-order valence-electron chi connectivity index (χ4n) is 1.51. The second kappa shape index (κ2) is 5.42. The Morgan fingerprint density at radius 1 is 1.17 bits per heavy atom. The van der Waals surface area contributed by atoms with Crippen molar-refractivity contribution < 1.29 is 14.0 Å². The number of halogens is 2. The van der Waals surface area contributed by atoms with Gasteiger partial charge in [0.05, 0.1) is 5.69 Å². The molecule has 0 spiro atoms. The van der Waals surface area contributed by atoms with Gasteiger partial charge in [0, 0.05) is 23.5 Å². The Morgan fingerprint density at radius 2 is 1.94 bits per heavy atom. The van der Waals surface area contributed by atoms with Crippen LogP contribution in [-0.2, 0) is 0 Å². The molecule has 0 aliphatic rings. The van der Waals surface area contributed by atoms with Crippen LogP contribution in [-0.4, -0.2) is 10.2 Å². The van der Waals surface area contributed by atoms with Crippen LogP contribution in [0.15, 0.2) is 42.6 Å². The minimum atomic E-state index is -2.56. The first-order valence-electron chi connectivity index (χ1n) is 5.21. The van der Waals surface area contributed by atoms with Gasteiger partial charge in [-0.15, -0.1) is 0 Å². The number of aromatic nitrogens is 1. The predicted octanol–water partition coefficient (Wildman–Crippen LogP) is 3.56. The number of benzene rings is 1. The standard InChI is InChI=1S/C12H11F2N3O/c13-12(14)9-3-1-2-4-10(9)16-11-7-8(17-18)5-6-15-11/h1-7,12,18H,(H2,15,16,17). The predicted molar refractivity (Wildman–Crippen MR) is 64.3 cm³/mol. The van der Waals surface area contributed by atoms with Crippen LogP contribution in [0.25, 0.3) is 0 Å². The Bertz CT molecular complexity index is 534. The van der Waals surface area contributed by atoms with Gasteiger partial charge in [0.15, 0.2) is 0 Å². The number of hydrogen-bond acceptors (Lipinski definition) is 4. The molecule has 0 amide bonds. The van der Waals surface area contributed by atoms with E-state index < -0.39 is 6.43 Å². The number of hydrogen-bond donors (Lipinski definition) is 3. The third kappa shape index (κ3) is 2.72. The van der Waals surface area contributed by atoms with Crippen molar-refractivity contribution in [3.05, 3.63) is 48.2 Å². The lowest BCUT2D eigenvalue weighted by molar-refractivity contribution is 0.152. The maximum atomic E-state index is 12.8. The van der Waals surface area contributed by atoms with Gasteiger partial charge in [-0.05, 0) is 12.1 Å². The van der Waals surface area contributed by atoms with Crippen LogP contribution in [0.1, 0.15) is 12.0 Å². The second-order valence-corrected chi connectivity index (χ2v) is 3.55. The molecule has 0 fully saturated rings. The van der Waals surface area contributed by atoms with Gasteiger partial charge in [-0.3, -0.25) is 10.7 Å². The zero-order valence-corrected chi connectivity index (χ0v) is 9.27. The van der Waals surface area contributed by atoms with Gasteiger partial charge < -0.3 is 5.32 Å². The average molecular weight is 251 g/mol. The molecular weight excluding hydrogens is 240 g/mol. The zero-order chi connectivity index (χ0) is 13.0. The summed E-state index contributed by atoms with van der Waals surface area (Å²) >= 11 is 0. The Morgan fingerprint density at radius 3 is 2.67 bits per heavy atom. The molecule has 3 N–H and O–H groups in total. The molecule has 0 unspecified atom stereocenters. The SMILES string of the molecule is ONc1ccnc(Nc2ccccc2C(F)F)c1. The van der Waals surface area contributed by atoms with Crippen molar-refractivity contribution in [2.75, 3.05) is 10.8 Å². The third-order valence-electron chi connectivity index (χ3n) is 2.35. The lowest BCUT2D eigenvalue weighted by Gasteiger charge is -2.11. The Kier molecular flexibility index (Phi) is 3.69. The van der Waals surface area contributed by atoms with Crippen molar-refractivity contribution in [2.24, 2.45) is 0 Å². The number of pyridine rings is 1. The van der Waals surface area contributed by atoms with Crippen LogP contribution in [0.4, 0.5) is 26.0 Å². The van der Waals surface area contributed by atoms with Gasteiger partial charge in [0.2, 0.25) is 0 Å². The van der Waals surface area contributed by atoms with Crippen molar-refractivity contribution in [2.45, 2.75) is 6.43 Å². The van der Waals surface area contributed by atoms with E-state index in [4.69, 9.17) is 5.21 Å². The highest BCUT2D eigenvalue weighted by molar-refractivity contribution is 5.63. The third-order valence-corrected chi connectivity index (χ3v) is 2.35. The zero-order valence-electron chi connectivity index (χ0n) is 9.27. The Hall–Kier alpha value is -2.21. The van der Waals surface area contributed by atoms with E-state index in [9.17, 15) is 8.78 Å².